The Balaban J connectivity index is 1.29. The first-order valence-electron chi connectivity index (χ1n) is 22.7. The largest absolute Gasteiger partial charge is 0.497 e. The number of hydrogen-bond donors (Lipinski definition) is 1. The van der Waals surface area contributed by atoms with Gasteiger partial charge in [0, 0.05) is 30.7 Å². The fourth-order valence-corrected chi connectivity index (χ4v) is 10.4. The fourth-order valence-electron chi connectivity index (χ4n) is 8.22. The molecule has 68 heavy (non-hydrogen) atoms. The molecule has 17 heteroatoms. The summed E-state index contributed by atoms with van der Waals surface area (Å²) in [6, 6.07) is 37.4. The van der Waals surface area contributed by atoms with Crippen LogP contribution in [-0.2, 0) is 35.3 Å². The van der Waals surface area contributed by atoms with E-state index < -0.39 is 32.6 Å². The molecule has 6 aromatic rings. The van der Waals surface area contributed by atoms with E-state index in [1.807, 2.05) is 95.8 Å². The summed E-state index contributed by atoms with van der Waals surface area (Å²) in [5, 5.41) is 12.4. The van der Waals surface area contributed by atoms with Gasteiger partial charge in [0.2, 0.25) is 0 Å². The minimum Gasteiger partial charge on any atom is -0.497 e. The Morgan fingerprint density at radius 3 is 2.10 bits per heavy atom. The zero-order chi connectivity index (χ0) is 48.0. The summed E-state index contributed by atoms with van der Waals surface area (Å²) in [7, 11) is 1.60. The molecule has 1 fully saturated rings. The Kier molecular flexibility index (Phi) is 17.8. The second kappa shape index (κ2) is 24.1. The molecule has 0 radical (unpaired) electrons. The number of anilines is 1. The molecule has 0 spiro atoms. The summed E-state index contributed by atoms with van der Waals surface area (Å²) in [4.78, 5) is 27.9. The quantitative estimate of drug-likeness (QED) is 0.0346. The number of amides is 1. The first-order valence-corrected chi connectivity index (χ1v) is 25.2. The number of thioether (sulfide) groups is 1. The van der Waals surface area contributed by atoms with Gasteiger partial charge in [0.1, 0.15) is 41.0 Å². The maximum Gasteiger partial charge on any atom is 0.263 e. The monoisotopic (exact) mass is 961 g/mol. The third-order valence-corrected chi connectivity index (χ3v) is 14.2. The Morgan fingerprint density at radius 1 is 0.897 bits per heavy atom. The summed E-state index contributed by atoms with van der Waals surface area (Å²) in [5.74, 6) is 3.20. The third-order valence-electron chi connectivity index (χ3n) is 11.4. The summed E-state index contributed by atoms with van der Waals surface area (Å²) in [6.07, 6.45) is 2.96. The van der Waals surface area contributed by atoms with Crippen molar-refractivity contribution in [2.75, 3.05) is 51.4 Å². The number of methoxy groups -OCH3 is 2. The minimum absolute atomic E-state index is 0.0626. The van der Waals surface area contributed by atoms with Crippen LogP contribution in [0.3, 0.4) is 0 Å². The summed E-state index contributed by atoms with van der Waals surface area (Å²) in [5.41, 5.74) is 2.40. The van der Waals surface area contributed by atoms with E-state index in [1.54, 1.807) is 44.4 Å². The van der Waals surface area contributed by atoms with E-state index >= 15 is 0 Å². The van der Waals surface area contributed by atoms with Gasteiger partial charge in [-0.15, -0.1) is 0 Å². The molecule has 1 unspecified atom stereocenters. The van der Waals surface area contributed by atoms with Crippen LogP contribution in [0.25, 0.3) is 11.2 Å². The van der Waals surface area contributed by atoms with Crippen molar-refractivity contribution < 1.29 is 37.5 Å². The molecule has 3 heterocycles. The van der Waals surface area contributed by atoms with Gasteiger partial charge in [-0.25, -0.2) is 19.6 Å². The van der Waals surface area contributed by atoms with E-state index in [-0.39, 0.29) is 50.1 Å². The molecule has 2 aromatic heterocycles. The highest BCUT2D eigenvalue weighted by molar-refractivity contribution is 7.98. The molecule has 0 bridgehead atoms. The van der Waals surface area contributed by atoms with E-state index in [4.69, 9.17) is 47.7 Å². The van der Waals surface area contributed by atoms with Crippen molar-refractivity contribution in [3.63, 3.8) is 0 Å². The van der Waals surface area contributed by atoms with E-state index in [0.717, 1.165) is 22.4 Å². The van der Waals surface area contributed by atoms with E-state index in [0.29, 0.717) is 47.1 Å². The lowest BCUT2D eigenvalue weighted by Crippen LogP contribution is -2.39. The molecule has 7 rings (SSSR count). The second-order valence-corrected chi connectivity index (χ2v) is 19.0. The van der Waals surface area contributed by atoms with Crippen LogP contribution in [-0.4, -0.2) is 100 Å². The van der Waals surface area contributed by atoms with Crippen LogP contribution >= 0.6 is 20.3 Å². The van der Waals surface area contributed by atoms with Gasteiger partial charge in [-0.05, 0) is 87.0 Å². The van der Waals surface area contributed by atoms with Gasteiger partial charge in [0.15, 0.2) is 23.6 Å². The number of imidazole rings is 1. The summed E-state index contributed by atoms with van der Waals surface area (Å²) < 4.78 is 49.1. The molecule has 1 aliphatic heterocycles. The Bertz CT molecular complexity index is 2510. The number of rotatable bonds is 24. The average molecular weight is 962 g/mol. The molecule has 0 aliphatic carbocycles. The zero-order valence-corrected chi connectivity index (χ0v) is 41.3. The molecule has 15 nitrogen and oxygen atoms in total. The first-order chi connectivity index (χ1) is 33.1. The van der Waals surface area contributed by atoms with E-state index in [2.05, 4.69) is 55.9 Å². The SMILES string of the molecule is COc1ccc(C(OC[C@H]2O[C@@H](n3cnc4c(NC(=O)COc5ccccc5)nc(CCSC)nc43)C[C@@H]2OP(OCCC#N)N(C(C)C)C(C)C)(c2ccccc2)c2ccc(OC)cc2)cc1. The van der Waals surface area contributed by atoms with Crippen LogP contribution in [0.4, 0.5) is 5.82 Å². The number of nitrogens with one attached hydrogen (secondary N) is 1. The van der Waals surface area contributed by atoms with E-state index in [1.165, 1.54) is 0 Å². The topological polar surface area (TPSA) is 164 Å². The number of carbonyl (C=O) groups excluding carboxylic acids is 1. The lowest BCUT2D eigenvalue weighted by molar-refractivity contribution is -0.118. The Labute approximate surface area is 404 Å². The first kappa shape index (κ1) is 50.3. The standard InChI is InChI=1S/C51H60N7O8PS/c1-35(2)58(36(3)4)67(64-29-14-28-52)66-43-31-47(57-34-53-48-49(54-45(27-30-68-7)55-50(48)57)56-46(59)33-62-42-17-12-9-13-18-42)65-44(43)32-63-51(37-15-10-8-11-16-37,38-19-23-40(60-5)24-20-38)39-21-25-41(61-6)26-22-39/h8-13,15-26,34-36,43-44,47H,14,27,29-33H2,1-7H3,(H,54,55,56,59)/t43-,44+,47+,67?/m0/s1. The van der Waals surface area contributed by atoms with Crippen molar-refractivity contribution in [1.82, 2.24) is 24.2 Å². The summed E-state index contributed by atoms with van der Waals surface area (Å²) in [6.45, 7) is 8.48. The number of nitrogens with zero attached hydrogens (tertiary/aromatic N) is 6. The smallest absolute Gasteiger partial charge is 0.263 e. The summed E-state index contributed by atoms with van der Waals surface area (Å²) >= 11 is 1.67. The second-order valence-electron chi connectivity index (χ2n) is 16.6. The minimum atomic E-state index is -1.69. The fraction of sp³-hybridized carbons (Fsp3) is 0.392. The molecule has 0 saturated carbocycles. The molecule has 1 saturated heterocycles. The number of nitriles is 1. The van der Waals surface area contributed by atoms with Crippen molar-refractivity contribution in [2.45, 2.75) is 83.1 Å². The van der Waals surface area contributed by atoms with Crippen LogP contribution in [0.2, 0.25) is 0 Å². The molecule has 4 aromatic carbocycles. The lowest BCUT2D eigenvalue weighted by Gasteiger charge is -2.39. The number of hydrogen-bond acceptors (Lipinski definition) is 14. The van der Waals surface area contributed by atoms with E-state index in [9.17, 15) is 10.1 Å². The van der Waals surface area contributed by atoms with Crippen LogP contribution in [0.1, 0.15) is 69.3 Å². The van der Waals surface area contributed by atoms with Crippen molar-refractivity contribution >= 4 is 43.2 Å². The number of carbonyl (C=O) groups is 1. The Hall–Kier alpha value is -5.63. The van der Waals surface area contributed by atoms with Gasteiger partial charge in [0.25, 0.3) is 14.4 Å². The molecule has 1 aliphatic rings. The predicted molar refractivity (Wildman–Crippen MR) is 265 cm³/mol. The molecule has 1 N–H and O–H groups in total. The van der Waals surface area contributed by atoms with Crippen molar-refractivity contribution in [1.29, 1.82) is 5.26 Å². The number of fused-ring (bicyclic) bond motifs is 1. The molecule has 4 atom stereocenters. The maximum atomic E-state index is 13.3. The van der Waals surface area contributed by atoms with Crippen molar-refractivity contribution in [3.05, 3.63) is 138 Å². The Morgan fingerprint density at radius 2 is 1.51 bits per heavy atom. The number of para-hydroxylation sites is 1. The number of aryl methyl sites for hydroxylation is 1. The maximum absolute atomic E-state index is 13.3. The molecular formula is C51H60N7O8PS. The van der Waals surface area contributed by atoms with Crippen molar-refractivity contribution in [2.24, 2.45) is 0 Å². The number of benzene rings is 4. The van der Waals surface area contributed by atoms with Crippen LogP contribution in [0.5, 0.6) is 17.2 Å². The number of ether oxygens (including phenoxy) is 5. The van der Waals surface area contributed by atoms with Gasteiger partial charge in [0.05, 0.1) is 52.4 Å². The van der Waals surface area contributed by atoms with Gasteiger partial charge < -0.3 is 38.0 Å². The van der Waals surface area contributed by atoms with Crippen LogP contribution in [0, 0.1) is 11.3 Å². The number of aromatic nitrogens is 4. The van der Waals surface area contributed by atoms with Gasteiger partial charge in [-0.2, -0.15) is 17.0 Å². The highest BCUT2D eigenvalue weighted by Gasteiger charge is 2.45. The molecule has 1 amide bonds. The van der Waals surface area contributed by atoms with Gasteiger partial charge >= 0.3 is 0 Å². The zero-order valence-electron chi connectivity index (χ0n) is 39.6. The van der Waals surface area contributed by atoms with Crippen LogP contribution in [0.15, 0.2) is 116 Å². The lowest BCUT2D eigenvalue weighted by atomic mass is 9.80. The molecular weight excluding hydrogens is 902 g/mol. The van der Waals surface area contributed by atoms with Gasteiger partial charge in [-0.1, -0.05) is 72.8 Å². The van der Waals surface area contributed by atoms with Gasteiger partial charge in [-0.3, -0.25) is 9.36 Å². The average Bonchev–Trinajstić information content (AvgIpc) is 3.97. The van der Waals surface area contributed by atoms with Crippen molar-refractivity contribution in [3.8, 4) is 23.3 Å². The normalized spacial score (nSPS) is 16.6. The third kappa shape index (κ3) is 12.0. The predicted octanol–water partition coefficient (Wildman–Crippen LogP) is 9.72. The van der Waals surface area contributed by atoms with Crippen LogP contribution < -0.4 is 19.5 Å². The highest BCUT2D eigenvalue weighted by Crippen LogP contribution is 2.51. The molecule has 358 valence electrons. The highest BCUT2D eigenvalue weighted by atomic mass is 32.2.